The topological polar surface area (TPSA) is 58.6 Å². The van der Waals surface area contributed by atoms with Crippen LogP contribution >= 0.6 is 11.8 Å². The monoisotopic (exact) mass is 667 g/mol. The van der Waals surface area contributed by atoms with Crippen LogP contribution in [0, 0.1) is 23.3 Å². The molecule has 2 atom stereocenters. The lowest BCUT2D eigenvalue weighted by atomic mass is 10.0. The van der Waals surface area contributed by atoms with Crippen LogP contribution in [0.5, 0.6) is 28.7 Å². The molecule has 3 aromatic carbocycles. The highest BCUT2D eigenvalue weighted by Gasteiger charge is 2.31. The van der Waals surface area contributed by atoms with Gasteiger partial charge in [-0.05, 0) is 61.1 Å². The number of methoxy groups -OCH3 is 4. The number of nitrogens with zero attached hydrogens (tertiary/aromatic N) is 1. The second-order valence-corrected chi connectivity index (χ2v) is 11.8. The zero-order valence-corrected chi connectivity index (χ0v) is 27.8. The summed E-state index contributed by atoms with van der Waals surface area (Å²) in [7, 11) is 6.26. The number of hydrogen-bond donors (Lipinski definition) is 0. The molecule has 0 N–H and O–H groups in total. The summed E-state index contributed by atoms with van der Waals surface area (Å²) in [6, 6.07) is 7.91. The van der Waals surface area contributed by atoms with Gasteiger partial charge in [0.25, 0.3) is 0 Å². The average Bonchev–Trinajstić information content (AvgIpc) is 3.56. The fourth-order valence-electron chi connectivity index (χ4n) is 5.60. The van der Waals surface area contributed by atoms with Gasteiger partial charge in [0.1, 0.15) is 0 Å². The zero-order chi connectivity index (χ0) is 33.4. The van der Waals surface area contributed by atoms with Crippen molar-refractivity contribution in [3.8, 4) is 28.7 Å². The molecule has 3 aromatic rings. The van der Waals surface area contributed by atoms with E-state index in [1.54, 1.807) is 28.4 Å². The van der Waals surface area contributed by atoms with Crippen molar-refractivity contribution in [3.05, 3.63) is 64.7 Å². The summed E-state index contributed by atoms with van der Waals surface area (Å²) in [6.45, 7) is 5.68. The third kappa shape index (κ3) is 7.71. The van der Waals surface area contributed by atoms with Crippen molar-refractivity contribution in [1.29, 1.82) is 0 Å². The van der Waals surface area contributed by atoms with E-state index >= 15 is 0 Å². The van der Waals surface area contributed by atoms with Gasteiger partial charge < -0.3 is 33.3 Å². The van der Waals surface area contributed by atoms with Crippen molar-refractivity contribution in [3.63, 3.8) is 0 Å². The molecule has 12 heteroatoms. The van der Waals surface area contributed by atoms with Crippen molar-refractivity contribution in [2.24, 2.45) is 0 Å². The van der Waals surface area contributed by atoms with Gasteiger partial charge >= 0.3 is 0 Å². The first-order valence-electron chi connectivity index (χ1n) is 15.2. The first-order chi connectivity index (χ1) is 22.2. The lowest BCUT2D eigenvalue weighted by molar-refractivity contribution is 0.0437. The maximum atomic E-state index is 14.2. The average molecular weight is 668 g/mol. The van der Waals surface area contributed by atoms with E-state index in [2.05, 4.69) is 18.7 Å². The summed E-state index contributed by atoms with van der Waals surface area (Å²) >= 11 is 0.643. The molecule has 0 amide bonds. The molecule has 0 radical (unpaired) electrons. The number of rotatable bonds is 16. The second-order valence-electron chi connectivity index (χ2n) is 10.7. The van der Waals surface area contributed by atoms with Gasteiger partial charge in [-0.25, -0.2) is 17.6 Å². The molecule has 1 saturated heterocycles. The molecule has 4 rings (SSSR count). The fraction of sp³-hybridized carbons (Fsp3) is 0.471. The van der Waals surface area contributed by atoms with Crippen LogP contribution in [-0.4, -0.2) is 53.9 Å². The highest BCUT2D eigenvalue weighted by Crippen LogP contribution is 2.49. The van der Waals surface area contributed by atoms with E-state index in [0.29, 0.717) is 40.5 Å². The lowest BCUT2D eigenvalue weighted by Crippen LogP contribution is -2.26. The van der Waals surface area contributed by atoms with Crippen LogP contribution in [0.1, 0.15) is 62.9 Å². The third-order valence-corrected chi connectivity index (χ3v) is 8.72. The molecule has 1 heterocycles. The molecule has 1 aliphatic rings. The van der Waals surface area contributed by atoms with Crippen LogP contribution in [0.15, 0.2) is 35.2 Å². The quantitative estimate of drug-likeness (QED) is 0.0651. The highest BCUT2D eigenvalue weighted by molar-refractivity contribution is 7.99. The van der Waals surface area contributed by atoms with Crippen LogP contribution in [0.3, 0.4) is 0 Å². The fourth-order valence-corrected chi connectivity index (χ4v) is 6.42. The Morgan fingerprint density at radius 3 is 1.70 bits per heavy atom. The first-order valence-corrected chi connectivity index (χ1v) is 16.2. The molecule has 0 saturated carbocycles. The van der Waals surface area contributed by atoms with E-state index in [1.807, 2.05) is 24.3 Å². The number of thioether (sulfide) groups is 1. The van der Waals surface area contributed by atoms with Gasteiger partial charge in [0.15, 0.2) is 46.3 Å². The number of halogens is 4. The standard InChI is InChI=1S/C34H41F4NO6S/c1-7-11-39(12-8-2)24-15-20(25-9-10-26(45-25)21-17-28(41-4)33(43-6)29(18-21)42-5)16-27(40-3)32(24)44-13-14-46-34-30(37)22(35)19-23(36)31(34)38/h15-19,25-26H,7-14H2,1-6H3. The number of ether oxygens (including phenoxy) is 6. The molecule has 0 spiro atoms. The van der Waals surface area contributed by atoms with Crippen molar-refractivity contribution in [1.82, 2.24) is 0 Å². The molecule has 0 aromatic heterocycles. The van der Waals surface area contributed by atoms with Gasteiger partial charge in [-0.3, -0.25) is 0 Å². The molecule has 7 nitrogen and oxygen atoms in total. The number of benzene rings is 3. The van der Waals surface area contributed by atoms with E-state index in [9.17, 15) is 17.6 Å². The van der Waals surface area contributed by atoms with Gasteiger partial charge in [-0.1, -0.05) is 13.8 Å². The zero-order valence-electron chi connectivity index (χ0n) is 27.0. The minimum Gasteiger partial charge on any atom is -0.493 e. The van der Waals surface area contributed by atoms with Crippen LogP contribution < -0.4 is 28.6 Å². The number of anilines is 1. The molecule has 0 aliphatic carbocycles. The highest BCUT2D eigenvalue weighted by atomic mass is 32.2. The third-order valence-electron chi connectivity index (χ3n) is 7.70. The Balaban J connectivity index is 1.61. The molecule has 1 aliphatic heterocycles. The van der Waals surface area contributed by atoms with Crippen molar-refractivity contribution in [2.45, 2.75) is 56.6 Å². The Hall–Kier alpha value is -3.51. The Morgan fingerprint density at radius 1 is 0.717 bits per heavy atom. The normalized spacial score (nSPS) is 16.0. The van der Waals surface area contributed by atoms with E-state index in [0.717, 1.165) is 55.6 Å². The van der Waals surface area contributed by atoms with Gasteiger partial charge in [0.2, 0.25) is 5.75 Å². The van der Waals surface area contributed by atoms with E-state index in [-0.39, 0.29) is 30.6 Å². The summed E-state index contributed by atoms with van der Waals surface area (Å²) in [5.74, 6) is -3.15. The van der Waals surface area contributed by atoms with Gasteiger partial charge in [0.05, 0.1) is 57.8 Å². The second kappa shape index (κ2) is 16.4. The molecule has 46 heavy (non-hydrogen) atoms. The van der Waals surface area contributed by atoms with Crippen LogP contribution in [-0.2, 0) is 4.74 Å². The SMILES string of the molecule is CCCN(CCC)c1cc(C2CCC(c3cc(OC)c(OC)c(OC)c3)O2)cc(OC)c1OCCSc1c(F)c(F)cc(F)c1F. The van der Waals surface area contributed by atoms with Crippen LogP contribution in [0.25, 0.3) is 0 Å². The number of hydrogen-bond acceptors (Lipinski definition) is 8. The maximum absolute atomic E-state index is 14.2. The van der Waals surface area contributed by atoms with Gasteiger partial charge in [-0.15, -0.1) is 11.8 Å². The predicted octanol–water partition coefficient (Wildman–Crippen LogP) is 8.67. The summed E-state index contributed by atoms with van der Waals surface area (Å²) < 4.78 is 90.9. The minimum absolute atomic E-state index is 0.000383. The van der Waals surface area contributed by atoms with Gasteiger partial charge in [-0.2, -0.15) is 0 Å². The Kier molecular flexibility index (Phi) is 12.6. The van der Waals surface area contributed by atoms with E-state index in [1.165, 1.54) is 0 Å². The lowest BCUT2D eigenvalue weighted by Gasteiger charge is -2.29. The molecule has 2 unspecified atom stereocenters. The van der Waals surface area contributed by atoms with E-state index in [4.69, 9.17) is 28.4 Å². The minimum atomic E-state index is -1.45. The largest absolute Gasteiger partial charge is 0.493 e. The van der Waals surface area contributed by atoms with Crippen LogP contribution in [0.4, 0.5) is 23.2 Å². The summed E-state index contributed by atoms with van der Waals surface area (Å²) in [6.07, 6.45) is 2.84. The van der Waals surface area contributed by atoms with Crippen molar-refractivity contribution >= 4 is 17.4 Å². The molecular formula is C34H41F4NO6S. The smallest absolute Gasteiger partial charge is 0.203 e. The predicted molar refractivity (Wildman–Crippen MR) is 170 cm³/mol. The van der Waals surface area contributed by atoms with Crippen LogP contribution in [0.2, 0.25) is 0 Å². The Morgan fingerprint density at radius 2 is 1.22 bits per heavy atom. The summed E-state index contributed by atoms with van der Waals surface area (Å²) in [4.78, 5) is 1.49. The van der Waals surface area contributed by atoms with Gasteiger partial charge in [0, 0.05) is 24.9 Å². The Bertz CT molecular complexity index is 1440. The van der Waals surface area contributed by atoms with E-state index < -0.39 is 28.2 Å². The van der Waals surface area contributed by atoms with Crippen molar-refractivity contribution in [2.75, 3.05) is 58.8 Å². The molecular weight excluding hydrogens is 626 g/mol. The summed E-state index contributed by atoms with van der Waals surface area (Å²) in [5.41, 5.74) is 2.63. The molecule has 252 valence electrons. The first kappa shape index (κ1) is 35.3. The molecule has 0 bridgehead atoms. The van der Waals surface area contributed by atoms with Crippen molar-refractivity contribution < 1.29 is 46.0 Å². The summed E-state index contributed by atoms with van der Waals surface area (Å²) in [5, 5.41) is 0. The molecule has 1 fully saturated rings. The Labute approximate surface area is 272 Å². The maximum Gasteiger partial charge on any atom is 0.203 e.